The van der Waals surface area contributed by atoms with Gasteiger partial charge in [0.2, 0.25) is 0 Å². The normalized spacial score (nSPS) is 13.6. The lowest BCUT2D eigenvalue weighted by Crippen LogP contribution is -2.02. The molecule has 1 aromatic heterocycles. The van der Waals surface area contributed by atoms with Crippen molar-refractivity contribution in [1.82, 2.24) is 4.98 Å². The molecular formula is C5H6Cl2N2S. The average Bonchev–Trinajstić information content (AvgIpc) is 2.10. The largest absolute Gasteiger partial charge is 0.323 e. The highest BCUT2D eigenvalue weighted by Crippen LogP contribution is 2.30. The van der Waals surface area contributed by atoms with Crippen molar-refractivity contribution < 1.29 is 0 Å². The fourth-order valence-electron chi connectivity index (χ4n) is 0.569. The van der Waals surface area contributed by atoms with Gasteiger partial charge < -0.3 is 5.73 Å². The summed E-state index contributed by atoms with van der Waals surface area (Å²) in [6.45, 7) is 1.84. The van der Waals surface area contributed by atoms with Crippen LogP contribution in [0.2, 0.25) is 9.62 Å². The Kier molecular flexibility index (Phi) is 2.52. The fourth-order valence-corrected chi connectivity index (χ4v) is 2.00. The van der Waals surface area contributed by atoms with Crippen molar-refractivity contribution >= 4 is 34.5 Å². The number of halogens is 2. The summed E-state index contributed by atoms with van der Waals surface area (Å²) in [5.74, 6) is 0. The molecule has 1 heterocycles. The number of hydrogen-bond donors (Lipinski definition) is 1. The van der Waals surface area contributed by atoms with E-state index in [0.717, 1.165) is 4.88 Å². The zero-order valence-electron chi connectivity index (χ0n) is 5.27. The number of nitrogens with two attached hydrogens (primary N) is 1. The Morgan fingerprint density at radius 1 is 1.60 bits per heavy atom. The zero-order valence-corrected chi connectivity index (χ0v) is 7.59. The Labute approximate surface area is 73.0 Å². The van der Waals surface area contributed by atoms with Crippen LogP contribution in [0, 0.1) is 0 Å². The summed E-state index contributed by atoms with van der Waals surface area (Å²) in [6, 6.07) is -0.0856. The number of aromatic nitrogens is 1. The molecule has 2 N–H and O–H groups in total. The highest BCUT2D eigenvalue weighted by atomic mass is 35.5. The highest BCUT2D eigenvalue weighted by Gasteiger charge is 2.10. The molecule has 1 rings (SSSR count). The molecule has 0 bridgehead atoms. The van der Waals surface area contributed by atoms with Crippen LogP contribution >= 0.6 is 34.5 Å². The molecule has 1 atom stereocenters. The molecule has 0 radical (unpaired) electrons. The fraction of sp³-hybridized carbons (Fsp3) is 0.400. The third-order valence-electron chi connectivity index (χ3n) is 0.997. The van der Waals surface area contributed by atoms with Gasteiger partial charge in [0.05, 0.1) is 4.88 Å². The van der Waals surface area contributed by atoms with E-state index in [-0.39, 0.29) is 6.04 Å². The molecule has 0 aromatic carbocycles. The van der Waals surface area contributed by atoms with Gasteiger partial charge in [-0.05, 0) is 6.92 Å². The summed E-state index contributed by atoms with van der Waals surface area (Å²) >= 11 is 12.6. The predicted octanol–water partition coefficient (Wildman–Crippen LogP) is 2.47. The van der Waals surface area contributed by atoms with Crippen molar-refractivity contribution in [1.29, 1.82) is 0 Å². The molecule has 0 aliphatic rings. The van der Waals surface area contributed by atoms with Crippen LogP contribution in [0.4, 0.5) is 0 Å². The van der Waals surface area contributed by atoms with Gasteiger partial charge in [-0.25, -0.2) is 4.98 Å². The quantitative estimate of drug-likeness (QED) is 0.750. The minimum atomic E-state index is -0.0856. The summed E-state index contributed by atoms with van der Waals surface area (Å²) in [7, 11) is 0. The molecular weight excluding hydrogens is 191 g/mol. The van der Waals surface area contributed by atoms with Crippen molar-refractivity contribution in [2.75, 3.05) is 0 Å². The van der Waals surface area contributed by atoms with Crippen LogP contribution < -0.4 is 5.73 Å². The van der Waals surface area contributed by atoms with Gasteiger partial charge in [0.1, 0.15) is 5.15 Å². The smallest absolute Gasteiger partial charge is 0.185 e. The summed E-state index contributed by atoms with van der Waals surface area (Å²) < 4.78 is 0.442. The lowest BCUT2D eigenvalue weighted by Gasteiger charge is -1.97. The Bertz CT molecular complexity index is 234. The lowest BCUT2D eigenvalue weighted by atomic mass is 10.3. The Morgan fingerprint density at radius 2 is 2.20 bits per heavy atom. The molecule has 56 valence electrons. The molecule has 2 nitrogen and oxygen atoms in total. The van der Waals surface area contributed by atoms with E-state index in [1.807, 2.05) is 6.92 Å². The molecule has 0 spiro atoms. The number of hydrogen-bond acceptors (Lipinski definition) is 3. The minimum Gasteiger partial charge on any atom is -0.323 e. The first-order valence-corrected chi connectivity index (χ1v) is 4.26. The van der Waals surface area contributed by atoms with Crippen LogP contribution in [-0.4, -0.2) is 4.98 Å². The van der Waals surface area contributed by atoms with E-state index in [2.05, 4.69) is 4.98 Å². The monoisotopic (exact) mass is 196 g/mol. The van der Waals surface area contributed by atoms with Crippen molar-refractivity contribution in [3.05, 3.63) is 14.5 Å². The lowest BCUT2D eigenvalue weighted by molar-refractivity contribution is 0.835. The maximum Gasteiger partial charge on any atom is 0.185 e. The molecule has 1 aromatic rings. The summed E-state index contributed by atoms with van der Waals surface area (Å²) in [5.41, 5.74) is 5.56. The van der Waals surface area contributed by atoms with Gasteiger partial charge in [-0.15, -0.1) is 11.3 Å². The highest BCUT2D eigenvalue weighted by molar-refractivity contribution is 7.16. The van der Waals surface area contributed by atoms with Crippen molar-refractivity contribution in [3.63, 3.8) is 0 Å². The second kappa shape index (κ2) is 3.05. The van der Waals surface area contributed by atoms with E-state index in [1.54, 1.807) is 0 Å². The molecule has 0 saturated carbocycles. The van der Waals surface area contributed by atoms with Gasteiger partial charge in [0, 0.05) is 6.04 Å². The van der Waals surface area contributed by atoms with Crippen LogP contribution in [0.1, 0.15) is 17.8 Å². The standard InChI is InChI=1S/C5H6Cl2N2S/c1-2(8)3-4(6)9-5(7)10-3/h2H,8H2,1H3. The van der Waals surface area contributed by atoms with Gasteiger partial charge in [-0.2, -0.15) is 0 Å². The number of nitrogens with zero attached hydrogens (tertiary/aromatic N) is 1. The Hall–Kier alpha value is 0.170. The SMILES string of the molecule is CC(N)c1sc(Cl)nc1Cl. The summed E-state index contributed by atoms with van der Waals surface area (Å²) in [6.07, 6.45) is 0. The maximum absolute atomic E-state index is 5.67. The maximum atomic E-state index is 5.67. The van der Waals surface area contributed by atoms with Crippen LogP contribution in [0.15, 0.2) is 0 Å². The predicted molar refractivity (Wildman–Crippen MR) is 44.7 cm³/mol. The van der Waals surface area contributed by atoms with Crippen molar-refractivity contribution in [2.24, 2.45) is 5.73 Å². The van der Waals surface area contributed by atoms with E-state index < -0.39 is 0 Å². The van der Waals surface area contributed by atoms with E-state index in [0.29, 0.717) is 9.62 Å². The number of rotatable bonds is 1. The van der Waals surface area contributed by atoms with Crippen LogP contribution in [0.25, 0.3) is 0 Å². The average molecular weight is 197 g/mol. The van der Waals surface area contributed by atoms with Gasteiger partial charge >= 0.3 is 0 Å². The van der Waals surface area contributed by atoms with E-state index >= 15 is 0 Å². The van der Waals surface area contributed by atoms with E-state index in [9.17, 15) is 0 Å². The first-order valence-electron chi connectivity index (χ1n) is 2.68. The van der Waals surface area contributed by atoms with Crippen molar-refractivity contribution in [2.45, 2.75) is 13.0 Å². The topological polar surface area (TPSA) is 38.9 Å². The van der Waals surface area contributed by atoms with E-state index in [1.165, 1.54) is 11.3 Å². The summed E-state index contributed by atoms with van der Waals surface area (Å²) in [4.78, 5) is 4.64. The molecule has 0 aliphatic carbocycles. The van der Waals surface area contributed by atoms with Crippen LogP contribution in [0.5, 0.6) is 0 Å². The van der Waals surface area contributed by atoms with Crippen molar-refractivity contribution in [3.8, 4) is 0 Å². The summed E-state index contributed by atoms with van der Waals surface area (Å²) in [5, 5.41) is 0.421. The Balaban J connectivity index is 3.03. The van der Waals surface area contributed by atoms with Crippen LogP contribution in [-0.2, 0) is 0 Å². The Morgan fingerprint density at radius 3 is 2.40 bits per heavy atom. The molecule has 0 aliphatic heterocycles. The molecule has 1 unspecified atom stereocenters. The molecule has 0 fully saturated rings. The third-order valence-corrected chi connectivity index (χ3v) is 2.76. The van der Waals surface area contributed by atoms with Gasteiger partial charge in [-0.1, -0.05) is 23.2 Å². The van der Waals surface area contributed by atoms with Gasteiger partial charge in [-0.3, -0.25) is 0 Å². The van der Waals surface area contributed by atoms with Gasteiger partial charge in [0.15, 0.2) is 4.47 Å². The second-order valence-corrected chi connectivity index (χ2v) is 3.88. The van der Waals surface area contributed by atoms with Crippen LogP contribution in [0.3, 0.4) is 0 Å². The first-order chi connectivity index (χ1) is 4.61. The van der Waals surface area contributed by atoms with Gasteiger partial charge in [0.25, 0.3) is 0 Å². The first kappa shape index (κ1) is 8.27. The second-order valence-electron chi connectivity index (χ2n) is 1.91. The molecule has 5 heteroatoms. The minimum absolute atomic E-state index is 0.0856. The molecule has 0 amide bonds. The third kappa shape index (κ3) is 1.61. The number of thiazole rings is 1. The van der Waals surface area contributed by atoms with E-state index in [4.69, 9.17) is 28.9 Å². The zero-order chi connectivity index (χ0) is 7.72. The molecule has 10 heavy (non-hydrogen) atoms. The molecule has 0 saturated heterocycles.